The van der Waals surface area contributed by atoms with E-state index in [9.17, 15) is 9.59 Å². The number of rotatable bonds is 0. The Kier molecular flexibility index (Phi) is 1.63. The molecule has 0 bridgehead atoms. The Labute approximate surface area is 77.1 Å². The summed E-state index contributed by atoms with van der Waals surface area (Å²) in [7, 11) is 0. The van der Waals surface area contributed by atoms with Crippen LogP contribution in [0.25, 0.3) is 11.5 Å². The number of nitrogens with zero attached hydrogens (tertiary/aromatic N) is 2. The molecule has 2 rings (SSSR count). The summed E-state index contributed by atoms with van der Waals surface area (Å²) in [6, 6.07) is 0. The van der Waals surface area contributed by atoms with Crippen LogP contribution in [-0.4, -0.2) is 19.5 Å². The molecule has 2 heterocycles. The molecule has 0 spiro atoms. The second-order valence-corrected chi connectivity index (χ2v) is 2.84. The molecule has 0 saturated carbocycles. The normalized spacial score (nSPS) is 13.2. The number of aromatic nitrogens is 3. The molecule has 2 N–H and O–H groups in total. The number of imidazole rings is 1. The Morgan fingerprint density at radius 3 is 2.93 bits per heavy atom. The van der Waals surface area contributed by atoms with E-state index in [0.29, 0.717) is 0 Å². The van der Waals surface area contributed by atoms with Gasteiger partial charge in [-0.05, 0) is 6.92 Å². The first-order valence-corrected chi connectivity index (χ1v) is 3.90. The van der Waals surface area contributed by atoms with Gasteiger partial charge in [0.15, 0.2) is 0 Å². The second kappa shape index (κ2) is 2.69. The number of fused-ring (bicyclic) bond motifs is 1. The van der Waals surface area contributed by atoms with E-state index in [-0.39, 0.29) is 16.8 Å². The zero-order valence-electron chi connectivity index (χ0n) is 7.31. The third kappa shape index (κ3) is 1.00. The Morgan fingerprint density at radius 2 is 2.29 bits per heavy atom. The zero-order chi connectivity index (χ0) is 10.3. The van der Waals surface area contributed by atoms with Crippen molar-refractivity contribution in [3.05, 3.63) is 38.3 Å². The molecule has 14 heavy (non-hydrogen) atoms. The van der Waals surface area contributed by atoms with Gasteiger partial charge in [0.1, 0.15) is 11.0 Å². The van der Waals surface area contributed by atoms with Gasteiger partial charge in [0.25, 0.3) is 11.1 Å². The lowest BCUT2D eigenvalue weighted by Crippen LogP contribution is -2.45. The predicted octanol–water partition coefficient (Wildman–Crippen LogP) is -1.21. The highest BCUT2D eigenvalue weighted by Crippen LogP contribution is 1.84. The van der Waals surface area contributed by atoms with Gasteiger partial charge in [0, 0.05) is 12.4 Å². The highest BCUT2D eigenvalue weighted by molar-refractivity contribution is 5.33. The van der Waals surface area contributed by atoms with Crippen molar-refractivity contribution in [2.24, 2.45) is 0 Å². The fraction of sp³-hybridized carbons (Fsp3) is 0.125. The SMILES string of the molecule is CC(O)=c1c(=O)[nH]c2nccn2c1=O. The van der Waals surface area contributed by atoms with Crippen LogP contribution < -0.4 is 16.3 Å². The van der Waals surface area contributed by atoms with Gasteiger partial charge in [0.2, 0.25) is 5.78 Å². The zero-order valence-corrected chi connectivity index (χ0v) is 7.31. The summed E-state index contributed by atoms with van der Waals surface area (Å²) in [5.74, 6) is -0.128. The van der Waals surface area contributed by atoms with Gasteiger partial charge in [-0.15, -0.1) is 0 Å². The summed E-state index contributed by atoms with van der Waals surface area (Å²) in [4.78, 5) is 29.0. The second-order valence-electron chi connectivity index (χ2n) is 2.84. The smallest absolute Gasteiger partial charge is 0.273 e. The van der Waals surface area contributed by atoms with Crippen LogP contribution in [0.1, 0.15) is 6.92 Å². The molecule has 2 aromatic rings. The lowest BCUT2D eigenvalue weighted by Gasteiger charge is -1.92. The molecule has 0 radical (unpaired) electrons. The maximum absolute atomic E-state index is 11.6. The Balaban J connectivity index is 3.23. The van der Waals surface area contributed by atoms with Gasteiger partial charge < -0.3 is 5.11 Å². The maximum Gasteiger partial charge on any atom is 0.273 e. The molecular formula is C8H7N3O3. The molecule has 2 aromatic heterocycles. The summed E-state index contributed by atoms with van der Waals surface area (Å²) in [6.07, 6.45) is 2.81. The first-order valence-electron chi connectivity index (χ1n) is 3.90. The summed E-state index contributed by atoms with van der Waals surface area (Å²) in [6.45, 7) is 1.29. The molecule has 72 valence electrons. The fourth-order valence-corrected chi connectivity index (χ4v) is 1.26. The van der Waals surface area contributed by atoms with Crippen LogP contribution in [-0.2, 0) is 0 Å². The topological polar surface area (TPSA) is 87.5 Å². The van der Waals surface area contributed by atoms with Crippen LogP contribution >= 0.6 is 0 Å². The summed E-state index contributed by atoms with van der Waals surface area (Å²) < 4.78 is 1.16. The fourth-order valence-electron chi connectivity index (χ4n) is 1.26. The van der Waals surface area contributed by atoms with Crippen molar-refractivity contribution in [2.45, 2.75) is 6.92 Å². The van der Waals surface area contributed by atoms with Crippen LogP contribution in [0.4, 0.5) is 0 Å². The van der Waals surface area contributed by atoms with Gasteiger partial charge in [-0.25, -0.2) is 4.98 Å². The molecule has 0 aliphatic carbocycles. The van der Waals surface area contributed by atoms with Crippen LogP contribution in [0.15, 0.2) is 22.0 Å². The number of aromatic amines is 1. The first-order chi connectivity index (χ1) is 6.61. The lowest BCUT2D eigenvalue weighted by molar-refractivity contribution is 0.497. The Hall–Kier alpha value is -2.11. The molecule has 0 aliphatic rings. The predicted molar refractivity (Wildman–Crippen MR) is 49.0 cm³/mol. The molecule has 6 heteroatoms. The van der Waals surface area contributed by atoms with Crippen molar-refractivity contribution < 1.29 is 5.11 Å². The van der Waals surface area contributed by atoms with Gasteiger partial charge in [0.05, 0.1) is 0 Å². The minimum absolute atomic E-state index is 0.171. The molecule has 0 aliphatic heterocycles. The third-order valence-electron chi connectivity index (χ3n) is 1.89. The summed E-state index contributed by atoms with van der Waals surface area (Å²) >= 11 is 0. The van der Waals surface area contributed by atoms with E-state index < -0.39 is 11.1 Å². The van der Waals surface area contributed by atoms with Crippen molar-refractivity contribution in [3.8, 4) is 0 Å². The van der Waals surface area contributed by atoms with Gasteiger partial charge in [-0.2, -0.15) is 0 Å². The first kappa shape index (κ1) is 8.49. The van der Waals surface area contributed by atoms with E-state index >= 15 is 0 Å². The number of hydrogen-bond acceptors (Lipinski definition) is 4. The number of H-pyrrole nitrogens is 1. The summed E-state index contributed by atoms with van der Waals surface area (Å²) in [5.41, 5.74) is -1.20. The lowest BCUT2D eigenvalue weighted by atomic mass is 10.4. The molecule has 0 saturated heterocycles. The minimum atomic E-state index is -0.631. The highest BCUT2D eigenvalue weighted by Gasteiger charge is 2.05. The molecular weight excluding hydrogens is 186 g/mol. The van der Waals surface area contributed by atoms with Gasteiger partial charge in [-0.3, -0.25) is 19.0 Å². The van der Waals surface area contributed by atoms with Crippen molar-refractivity contribution in [3.63, 3.8) is 0 Å². The summed E-state index contributed by atoms with van der Waals surface area (Å²) in [5, 5.41) is 8.89. The van der Waals surface area contributed by atoms with E-state index in [0.717, 1.165) is 4.40 Å². The van der Waals surface area contributed by atoms with E-state index in [4.69, 9.17) is 5.11 Å². The van der Waals surface area contributed by atoms with Crippen molar-refractivity contribution in [1.82, 2.24) is 14.4 Å². The number of aliphatic hydroxyl groups is 1. The average Bonchev–Trinajstić information content (AvgIpc) is 2.50. The van der Waals surface area contributed by atoms with E-state index in [1.54, 1.807) is 0 Å². The number of aliphatic hydroxyl groups excluding tert-OH is 1. The molecule has 0 fully saturated rings. The van der Waals surface area contributed by atoms with Crippen LogP contribution in [0.3, 0.4) is 0 Å². The van der Waals surface area contributed by atoms with Crippen LogP contribution in [0, 0.1) is 0 Å². The van der Waals surface area contributed by atoms with E-state index in [2.05, 4.69) is 9.97 Å². The molecule has 0 unspecified atom stereocenters. The van der Waals surface area contributed by atoms with Gasteiger partial charge in [-0.1, -0.05) is 0 Å². The third-order valence-corrected chi connectivity index (χ3v) is 1.89. The van der Waals surface area contributed by atoms with Crippen LogP contribution in [0.2, 0.25) is 0 Å². The molecule has 6 nitrogen and oxygen atoms in total. The van der Waals surface area contributed by atoms with Gasteiger partial charge >= 0.3 is 0 Å². The molecule has 0 aromatic carbocycles. The molecule has 0 amide bonds. The van der Waals surface area contributed by atoms with Crippen molar-refractivity contribution in [1.29, 1.82) is 0 Å². The number of hydrogen-bond donors (Lipinski definition) is 2. The maximum atomic E-state index is 11.6. The number of nitrogens with one attached hydrogen (secondary N) is 1. The monoisotopic (exact) mass is 193 g/mol. The van der Waals surface area contributed by atoms with E-state index in [1.807, 2.05) is 0 Å². The molecule has 0 atom stereocenters. The quantitative estimate of drug-likeness (QED) is 0.549. The largest absolute Gasteiger partial charge is 0.512 e. The van der Waals surface area contributed by atoms with E-state index in [1.165, 1.54) is 19.3 Å². The minimum Gasteiger partial charge on any atom is -0.512 e. The van der Waals surface area contributed by atoms with Crippen LogP contribution in [0.5, 0.6) is 0 Å². The highest BCUT2D eigenvalue weighted by atomic mass is 16.3. The Morgan fingerprint density at radius 1 is 1.57 bits per heavy atom. The average molecular weight is 193 g/mol. The standard InChI is InChI=1S/C8H7N3O3/c1-4(12)5-6(13)10-8-9-2-3-11(8)7(5)14/h2-3,12H,1H3,(H,9,10,13). The Bertz CT molecular complexity index is 649. The van der Waals surface area contributed by atoms with Crippen molar-refractivity contribution in [2.75, 3.05) is 0 Å². The van der Waals surface area contributed by atoms with Crippen molar-refractivity contribution >= 4 is 11.5 Å².